The second-order valence-corrected chi connectivity index (χ2v) is 9.69. The van der Waals surface area contributed by atoms with E-state index in [4.69, 9.17) is 14.7 Å². The summed E-state index contributed by atoms with van der Waals surface area (Å²) in [4.78, 5) is 26.9. The number of carbonyl (C=O) groups excluding carboxylic acids is 1. The van der Waals surface area contributed by atoms with Gasteiger partial charge in [0, 0.05) is 24.0 Å². The zero-order chi connectivity index (χ0) is 19.8. The molecule has 3 heterocycles. The zero-order valence-electron chi connectivity index (χ0n) is 17.0. The fourth-order valence-electron chi connectivity index (χ4n) is 4.21. The number of fused-ring (bicyclic) bond motifs is 3. The quantitative estimate of drug-likeness (QED) is 0.754. The van der Waals surface area contributed by atoms with Crippen molar-refractivity contribution in [2.45, 2.75) is 51.6 Å². The second kappa shape index (κ2) is 8.16. The number of ether oxygens (including phenoxy) is 1. The Morgan fingerprint density at radius 2 is 2.07 bits per heavy atom. The topological polar surface area (TPSA) is 79.4 Å². The van der Waals surface area contributed by atoms with Crippen LogP contribution in [0.15, 0.2) is 0 Å². The van der Waals surface area contributed by atoms with Gasteiger partial charge in [0.05, 0.1) is 31.7 Å². The van der Waals surface area contributed by atoms with Gasteiger partial charge in [-0.15, -0.1) is 11.3 Å². The number of aromatic nitrogens is 2. The van der Waals surface area contributed by atoms with E-state index in [9.17, 15) is 4.79 Å². The van der Waals surface area contributed by atoms with Gasteiger partial charge in [0.25, 0.3) is 0 Å². The van der Waals surface area contributed by atoms with Gasteiger partial charge in [0.2, 0.25) is 5.91 Å². The standard InChI is InChI=1S/C21H29N5O2S/c1-13-2-5-15-16(10-13)29-21-19(15)20(22-11-18(27)23-14-3-4-14)24-17(25-21)12-26-6-8-28-9-7-26/h13-14H,2-12H2,1H3,(H,23,27)(H,22,24,25)/t13-/m0/s1. The third kappa shape index (κ3) is 4.39. The summed E-state index contributed by atoms with van der Waals surface area (Å²) in [5.41, 5.74) is 1.39. The Labute approximate surface area is 175 Å². The Morgan fingerprint density at radius 1 is 1.24 bits per heavy atom. The third-order valence-corrected chi connectivity index (χ3v) is 7.18. The monoisotopic (exact) mass is 415 g/mol. The molecule has 0 unspecified atom stereocenters. The summed E-state index contributed by atoms with van der Waals surface area (Å²) in [6, 6.07) is 0.377. The predicted molar refractivity (Wildman–Crippen MR) is 114 cm³/mol. The number of anilines is 1. The lowest BCUT2D eigenvalue weighted by Gasteiger charge is -2.25. The molecule has 0 radical (unpaired) electrons. The lowest BCUT2D eigenvalue weighted by Crippen LogP contribution is -2.36. The van der Waals surface area contributed by atoms with E-state index in [1.165, 1.54) is 16.9 Å². The molecule has 2 aromatic heterocycles. The van der Waals surface area contributed by atoms with Crippen molar-refractivity contribution in [2.75, 3.05) is 38.2 Å². The van der Waals surface area contributed by atoms with E-state index in [1.807, 2.05) is 11.3 Å². The normalized spacial score (nSPS) is 22.4. The van der Waals surface area contributed by atoms with Crippen molar-refractivity contribution in [1.82, 2.24) is 20.2 Å². The molecule has 2 aliphatic carbocycles. The molecule has 0 spiro atoms. The highest BCUT2D eigenvalue weighted by Crippen LogP contribution is 2.40. The molecule has 0 bridgehead atoms. The van der Waals surface area contributed by atoms with Gasteiger partial charge in [0.15, 0.2) is 0 Å². The number of rotatable bonds is 6. The van der Waals surface area contributed by atoms with Crippen LogP contribution < -0.4 is 10.6 Å². The summed E-state index contributed by atoms with van der Waals surface area (Å²) in [6.45, 7) is 6.66. The molecule has 5 rings (SSSR count). The maximum Gasteiger partial charge on any atom is 0.239 e. The van der Waals surface area contributed by atoms with E-state index in [-0.39, 0.29) is 12.5 Å². The molecule has 156 valence electrons. The lowest BCUT2D eigenvalue weighted by atomic mass is 9.89. The fraction of sp³-hybridized carbons (Fsp3) is 0.667. The number of aryl methyl sites for hydroxylation is 1. The minimum absolute atomic E-state index is 0.0479. The van der Waals surface area contributed by atoms with Gasteiger partial charge >= 0.3 is 0 Å². The van der Waals surface area contributed by atoms with Gasteiger partial charge in [-0.25, -0.2) is 9.97 Å². The van der Waals surface area contributed by atoms with Crippen molar-refractivity contribution in [3.8, 4) is 0 Å². The molecular formula is C21H29N5O2S. The van der Waals surface area contributed by atoms with Crippen LogP contribution >= 0.6 is 11.3 Å². The van der Waals surface area contributed by atoms with Gasteiger partial charge in [-0.3, -0.25) is 9.69 Å². The fourth-order valence-corrected chi connectivity index (χ4v) is 5.62. The minimum atomic E-state index is 0.0479. The first-order valence-corrected chi connectivity index (χ1v) is 11.6. The highest BCUT2D eigenvalue weighted by Gasteiger charge is 2.26. The Kier molecular flexibility index (Phi) is 5.41. The van der Waals surface area contributed by atoms with Crippen LogP contribution in [0.1, 0.15) is 42.5 Å². The van der Waals surface area contributed by atoms with Crippen LogP contribution in [0.5, 0.6) is 0 Å². The molecule has 3 aliphatic rings. The Bertz CT molecular complexity index is 904. The van der Waals surface area contributed by atoms with Crippen LogP contribution in [0.25, 0.3) is 10.2 Å². The first kappa shape index (κ1) is 19.2. The summed E-state index contributed by atoms with van der Waals surface area (Å²) < 4.78 is 5.46. The summed E-state index contributed by atoms with van der Waals surface area (Å²) in [7, 11) is 0. The van der Waals surface area contributed by atoms with Gasteiger partial charge in [-0.1, -0.05) is 6.92 Å². The number of hydrogen-bond acceptors (Lipinski definition) is 7. The molecule has 7 nitrogen and oxygen atoms in total. The van der Waals surface area contributed by atoms with Crippen LogP contribution in [0, 0.1) is 5.92 Å². The lowest BCUT2D eigenvalue weighted by molar-refractivity contribution is -0.119. The molecule has 8 heteroatoms. The van der Waals surface area contributed by atoms with Crippen molar-refractivity contribution in [2.24, 2.45) is 5.92 Å². The maximum absolute atomic E-state index is 12.2. The van der Waals surface area contributed by atoms with Gasteiger partial charge < -0.3 is 15.4 Å². The Hall–Kier alpha value is -1.77. The first-order valence-electron chi connectivity index (χ1n) is 10.8. The molecule has 1 atom stereocenters. The molecule has 2 fully saturated rings. The SMILES string of the molecule is C[C@H]1CCc2c(sc3nc(CN4CCOCC4)nc(NCC(=O)NC4CC4)c23)C1. The van der Waals surface area contributed by atoms with Crippen molar-refractivity contribution in [1.29, 1.82) is 0 Å². The van der Waals surface area contributed by atoms with E-state index in [0.717, 1.165) is 86.3 Å². The number of nitrogens with zero attached hydrogens (tertiary/aromatic N) is 3. The highest BCUT2D eigenvalue weighted by atomic mass is 32.1. The number of amides is 1. The third-order valence-electron chi connectivity index (χ3n) is 6.03. The number of hydrogen-bond donors (Lipinski definition) is 2. The van der Waals surface area contributed by atoms with E-state index in [1.54, 1.807) is 0 Å². The number of nitrogens with one attached hydrogen (secondary N) is 2. The van der Waals surface area contributed by atoms with Gasteiger partial charge in [0.1, 0.15) is 16.5 Å². The number of thiophene rings is 1. The smallest absolute Gasteiger partial charge is 0.239 e. The van der Waals surface area contributed by atoms with Crippen LogP contribution in [0.2, 0.25) is 0 Å². The molecule has 1 saturated heterocycles. The average molecular weight is 416 g/mol. The largest absolute Gasteiger partial charge is 0.379 e. The van der Waals surface area contributed by atoms with Crippen LogP contribution in [-0.4, -0.2) is 59.7 Å². The van der Waals surface area contributed by atoms with E-state index in [0.29, 0.717) is 6.04 Å². The van der Waals surface area contributed by atoms with E-state index in [2.05, 4.69) is 22.5 Å². The maximum atomic E-state index is 12.2. The molecule has 1 saturated carbocycles. The van der Waals surface area contributed by atoms with Crippen molar-refractivity contribution < 1.29 is 9.53 Å². The van der Waals surface area contributed by atoms with Crippen LogP contribution in [0.3, 0.4) is 0 Å². The highest BCUT2D eigenvalue weighted by molar-refractivity contribution is 7.19. The second-order valence-electron chi connectivity index (χ2n) is 8.60. The summed E-state index contributed by atoms with van der Waals surface area (Å²) in [5, 5.41) is 7.54. The van der Waals surface area contributed by atoms with Crippen molar-refractivity contribution in [3.63, 3.8) is 0 Å². The molecule has 1 amide bonds. The molecule has 2 N–H and O–H groups in total. The van der Waals surface area contributed by atoms with Crippen molar-refractivity contribution in [3.05, 3.63) is 16.3 Å². The summed E-state index contributed by atoms with van der Waals surface area (Å²) >= 11 is 1.81. The van der Waals surface area contributed by atoms with Gasteiger partial charge in [-0.2, -0.15) is 0 Å². The summed E-state index contributed by atoms with van der Waals surface area (Å²) in [6.07, 6.45) is 5.60. The van der Waals surface area contributed by atoms with Crippen LogP contribution in [0.4, 0.5) is 5.82 Å². The van der Waals surface area contributed by atoms with E-state index < -0.39 is 0 Å². The van der Waals surface area contributed by atoms with Crippen LogP contribution in [-0.2, 0) is 28.9 Å². The van der Waals surface area contributed by atoms with Gasteiger partial charge in [-0.05, 0) is 43.6 Å². The molecule has 2 aromatic rings. The molecule has 0 aromatic carbocycles. The predicted octanol–water partition coefficient (Wildman–Crippen LogP) is 2.34. The summed E-state index contributed by atoms with van der Waals surface area (Å²) in [5.74, 6) is 2.43. The Morgan fingerprint density at radius 3 is 2.86 bits per heavy atom. The number of morpholine rings is 1. The minimum Gasteiger partial charge on any atom is -0.379 e. The molecule has 1 aliphatic heterocycles. The Balaban J connectivity index is 1.43. The zero-order valence-corrected chi connectivity index (χ0v) is 17.8. The number of carbonyl (C=O) groups is 1. The van der Waals surface area contributed by atoms with E-state index >= 15 is 0 Å². The average Bonchev–Trinajstić information content (AvgIpc) is 3.44. The van der Waals surface area contributed by atoms with Crippen molar-refractivity contribution >= 4 is 33.3 Å². The molecule has 29 heavy (non-hydrogen) atoms. The molecular weight excluding hydrogens is 386 g/mol. The first-order chi connectivity index (χ1) is 14.2.